The van der Waals surface area contributed by atoms with E-state index in [4.69, 9.17) is 5.11 Å². The number of hydrogen-bond donors (Lipinski definition) is 1. The van der Waals surface area contributed by atoms with E-state index in [1.54, 1.807) is 23.3 Å². The zero-order valence-electron chi connectivity index (χ0n) is 11.9. The highest BCUT2D eigenvalue weighted by molar-refractivity contribution is 7.10. The van der Waals surface area contributed by atoms with E-state index in [2.05, 4.69) is 0 Å². The number of carbonyl (C=O) groups excluding carboxylic acids is 1. The first-order valence-corrected chi connectivity index (χ1v) is 6.85. The van der Waals surface area contributed by atoms with Crippen LogP contribution in [-0.2, 0) is 4.79 Å². The highest BCUT2D eigenvalue weighted by atomic mass is 32.1. The van der Waals surface area contributed by atoms with Crippen LogP contribution < -0.4 is 0 Å². The molecule has 106 valence electrons. The zero-order valence-corrected chi connectivity index (χ0v) is 12.7. The number of thiophene rings is 1. The molecule has 1 heterocycles. The molecule has 0 spiro atoms. The van der Waals surface area contributed by atoms with Crippen molar-refractivity contribution in [1.82, 2.24) is 9.80 Å². The summed E-state index contributed by atoms with van der Waals surface area (Å²) >= 11 is 1.57. The minimum atomic E-state index is -1.24. The lowest BCUT2D eigenvalue weighted by Crippen LogP contribution is -2.54. The average molecular weight is 284 g/mol. The molecule has 1 aromatic heterocycles. The number of likely N-dealkylation sites (N-methyl/N-ethyl adjacent to an activating group) is 1. The first-order chi connectivity index (χ1) is 8.69. The molecule has 0 saturated carbocycles. The molecule has 0 aliphatic rings. The van der Waals surface area contributed by atoms with Crippen molar-refractivity contribution in [3.8, 4) is 0 Å². The van der Waals surface area contributed by atoms with Crippen molar-refractivity contribution in [2.24, 2.45) is 0 Å². The van der Waals surface area contributed by atoms with Crippen molar-refractivity contribution < 1.29 is 14.7 Å². The number of aliphatic carboxylic acids is 1. The van der Waals surface area contributed by atoms with Gasteiger partial charge in [0.25, 0.3) is 0 Å². The van der Waals surface area contributed by atoms with E-state index in [1.807, 2.05) is 24.4 Å². The van der Waals surface area contributed by atoms with Crippen LogP contribution in [0.5, 0.6) is 0 Å². The second kappa shape index (κ2) is 5.61. The second-order valence-corrected chi connectivity index (χ2v) is 5.99. The molecule has 1 atom stereocenters. The van der Waals surface area contributed by atoms with Gasteiger partial charge in [-0.3, -0.25) is 0 Å². The van der Waals surface area contributed by atoms with Crippen LogP contribution in [0.4, 0.5) is 4.79 Å². The third-order valence-corrected chi connectivity index (χ3v) is 4.53. The molecular formula is C13H20N2O3S. The Balaban J connectivity index is 2.85. The minimum Gasteiger partial charge on any atom is -0.480 e. The largest absolute Gasteiger partial charge is 0.480 e. The Labute approximate surface area is 117 Å². The number of amides is 2. The van der Waals surface area contributed by atoms with Crippen LogP contribution in [0.3, 0.4) is 0 Å². The van der Waals surface area contributed by atoms with E-state index in [1.165, 1.54) is 25.8 Å². The SMILES string of the molecule is CC(c1cccs1)N(C)C(=O)N(C)C(C)(C)C(=O)O. The van der Waals surface area contributed by atoms with Gasteiger partial charge in [-0.25, -0.2) is 9.59 Å². The molecule has 2 amide bonds. The summed E-state index contributed by atoms with van der Waals surface area (Å²) in [6, 6.07) is 3.49. The molecule has 0 saturated heterocycles. The summed E-state index contributed by atoms with van der Waals surface area (Å²) in [6.45, 7) is 4.94. The van der Waals surface area contributed by atoms with E-state index in [9.17, 15) is 9.59 Å². The Morgan fingerprint density at radius 2 is 1.95 bits per heavy atom. The Bertz CT molecular complexity index is 456. The average Bonchev–Trinajstić information content (AvgIpc) is 2.88. The first kappa shape index (κ1) is 15.5. The molecular weight excluding hydrogens is 264 g/mol. The van der Waals surface area contributed by atoms with Gasteiger partial charge in [0.05, 0.1) is 6.04 Å². The standard InChI is InChI=1S/C13H20N2O3S/c1-9(10-7-6-8-19-10)14(4)12(18)15(5)13(2,3)11(16)17/h6-9H,1-5H3,(H,16,17). The van der Waals surface area contributed by atoms with Crippen LogP contribution in [0.15, 0.2) is 17.5 Å². The Hall–Kier alpha value is -1.56. The minimum absolute atomic E-state index is 0.0838. The number of carboxylic acid groups (broad SMARTS) is 1. The van der Waals surface area contributed by atoms with Crippen LogP contribution in [0.1, 0.15) is 31.7 Å². The maximum absolute atomic E-state index is 12.3. The van der Waals surface area contributed by atoms with Gasteiger partial charge in [0, 0.05) is 19.0 Å². The lowest BCUT2D eigenvalue weighted by Gasteiger charge is -2.36. The number of rotatable bonds is 4. The maximum Gasteiger partial charge on any atom is 0.329 e. The summed E-state index contributed by atoms with van der Waals surface area (Å²) in [7, 11) is 3.19. The lowest BCUT2D eigenvalue weighted by atomic mass is 10.0. The number of carboxylic acids is 1. The van der Waals surface area contributed by atoms with Crippen molar-refractivity contribution in [2.75, 3.05) is 14.1 Å². The molecule has 0 aliphatic heterocycles. The fourth-order valence-corrected chi connectivity index (χ4v) is 2.33. The van der Waals surface area contributed by atoms with Crippen molar-refractivity contribution in [2.45, 2.75) is 32.4 Å². The van der Waals surface area contributed by atoms with Crippen molar-refractivity contribution in [1.29, 1.82) is 0 Å². The quantitative estimate of drug-likeness (QED) is 0.924. The molecule has 0 radical (unpaired) electrons. The van der Waals surface area contributed by atoms with Gasteiger partial charge >= 0.3 is 12.0 Å². The highest BCUT2D eigenvalue weighted by Gasteiger charge is 2.37. The number of nitrogens with zero attached hydrogens (tertiary/aromatic N) is 2. The molecule has 1 aromatic rings. The van der Waals surface area contributed by atoms with Gasteiger partial charge in [0.2, 0.25) is 0 Å². The molecule has 6 heteroatoms. The summed E-state index contributed by atoms with van der Waals surface area (Å²) in [4.78, 5) is 27.4. The number of hydrogen-bond acceptors (Lipinski definition) is 3. The number of urea groups is 1. The monoisotopic (exact) mass is 284 g/mol. The van der Waals surface area contributed by atoms with Crippen molar-refractivity contribution in [3.05, 3.63) is 22.4 Å². The predicted octanol–water partition coefficient (Wildman–Crippen LogP) is 2.66. The molecule has 19 heavy (non-hydrogen) atoms. The third-order valence-electron chi connectivity index (χ3n) is 3.49. The van der Waals surface area contributed by atoms with E-state index >= 15 is 0 Å². The van der Waals surface area contributed by atoms with Gasteiger partial charge in [0.1, 0.15) is 5.54 Å². The molecule has 0 aliphatic carbocycles. The smallest absolute Gasteiger partial charge is 0.329 e. The third kappa shape index (κ3) is 3.07. The molecule has 1 unspecified atom stereocenters. The Morgan fingerprint density at radius 3 is 2.37 bits per heavy atom. The number of carbonyl (C=O) groups is 2. The summed E-state index contributed by atoms with van der Waals surface area (Å²) in [5.41, 5.74) is -1.24. The van der Waals surface area contributed by atoms with Gasteiger partial charge in [-0.05, 0) is 32.2 Å². The van der Waals surface area contributed by atoms with E-state index in [-0.39, 0.29) is 12.1 Å². The summed E-state index contributed by atoms with van der Waals surface area (Å²) < 4.78 is 0. The topological polar surface area (TPSA) is 60.9 Å². The fraction of sp³-hybridized carbons (Fsp3) is 0.538. The lowest BCUT2D eigenvalue weighted by molar-refractivity contribution is -0.147. The first-order valence-electron chi connectivity index (χ1n) is 5.97. The molecule has 0 fully saturated rings. The van der Waals surface area contributed by atoms with Gasteiger partial charge in [-0.1, -0.05) is 6.07 Å². The van der Waals surface area contributed by atoms with E-state index < -0.39 is 11.5 Å². The zero-order chi connectivity index (χ0) is 14.8. The van der Waals surface area contributed by atoms with Crippen molar-refractivity contribution >= 4 is 23.3 Å². The summed E-state index contributed by atoms with van der Waals surface area (Å²) in [6.07, 6.45) is 0. The molecule has 0 bridgehead atoms. The van der Waals surface area contributed by atoms with Crippen LogP contribution in [-0.4, -0.2) is 46.5 Å². The van der Waals surface area contributed by atoms with Crippen LogP contribution in [0, 0.1) is 0 Å². The molecule has 5 nitrogen and oxygen atoms in total. The van der Waals surface area contributed by atoms with Crippen molar-refractivity contribution in [3.63, 3.8) is 0 Å². The van der Waals surface area contributed by atoms with Gasteiger partial charge in [0.15, 0.2) is 0 Å². The second-order valence-electron chi connectivity index (χ2n) is 5.01. The van der Waals surface area contributed by atoms with Crippen LogP contribution >= 0.6 is 11.3 Å². The van der Waals surface area contributed by atoms with Gasteiger partial charge < -0.3 is 14.9 Å². The van der Waals surface area contributed by atoms with Gasteiger partial charge in [-0.15, -0.1) is 11.3 Å². The normalized spacial score (nSPS) is 12.9. The predicted molar refractivity (Wildman–Crippen MR) is 75.4 cm³/mol. The Kier molecular flexibility index (Phi) is 4.57. The molecule has 0 aromatic carbocycles. The van der Waals surface area contributed by atoms with Crippen LogP contribution in [0.25, 0.3) is 0 Å². The van der Waals surface area contributed by atoms with Gasteiger partial charge in [-0.2, -0.15) is 0 Å². The highest BCUT2D eigenvalue weighted by Crippen LogP contribution is 2.25. The van der Waals surface area contributed by atoms with E-state index in [0.29, 0.717) is 0 Å². The fourth-order valence-electron chi connectivity index (χ4n) is 1.50. The van der Waals surface area contributed by atoms with E-state index in [0.717, 1.165) is 4.88 Å². The maximum atomic E-state index is 12.3. The molecule has 1 N–H and O–H groups in total. The Morgan fingerprint density at radius 1 is 1.37 bits per heavy atom. The summed E-state index contributed by atoms with van der Waals surface area (Å²) in [5, 5.41) is 11.1. The molecule has 1 rings (SSSR count). The summed E-state index contributed by atoms with van der Waals surface area (Å²) in [5.74, 6) is -1.03. The van der Waals surface area contributed by atoms with Crippen LogP contribution in [0.2, 0.25) is 0 Å².